The minimum absolute atomic E-state index is 0.0919. The van der Waals surface area contributed by atoms with Gasteiger partial charge in [0, 0.05) is 6.07 Å². The number of carboxylic acids is 1. The molecule has 8 nitrogen and oxygen atoms in total. The van der Waals surface area contributed by atoms with Crippen molar-refractivity contribution >= 4 is 21.7 Å². The van der Waals surface area contributed by atoms with E-state index in [4.69, 9.17) is 5.11 Å². The number of sulfonamides is 1. The number of hydrogen-bond acceptors (Lipinski definition) is 5. The second kappa shape index (κ2) is 6.77. The molecule has 0 aromatic heterocycles. The van der Waals surface area contributed by atoms with E-state index in [0.29, 0.717) is 11.1 Å². The predicted molar refractivity (Wildman–Crippen MR) is 86.0 cm³/mol. The molecular formula is C15H14N2O6S. The van der Waals surface area contributed by atoms with Gasteiger partial charge in [-0.1, -0.05) is 24.3 Å². The lowest BCUT2D eigenvalue weighted by atomic mass is 10.0. The van der Waals surface area contributed by atoms with Gasteiger partial charge in [0.2, 0.25) is 10.0 Å². The van der Waals surface area contributed by atoms with E-state index in [1.54, 1.807) is 12.1 Å². The Morgan fingerprint density at radius 2 is 1.75 bits per heavy atom. The van der Waals surface area contributed by atoms with Crippen LogP contribution < -0.4 is 4.72 Å². The Balaban J connectivity index is 2.35. The Kier molecular flexibility index (Phi) is 4.96. The molecule has 126 valence electrons. The molecule has 0 spiro atoms. The molecule has 0 amide bonds. The fraction of sp³-hybridized carbons (Fsp3) is 0.133. The monoisotopic (exact) mass is 350 g/mol. The van der Waals surface area contributed by atoms with Gasteiger partial charge in [0.15, 0.2) is 0 Å². The lowest BCUT2D eigenvalue weighted by Crippen LogP contribution is -2.38. The van der Waals surface area contributed by atoms with Crippen molar-refractivity contribution < 1.29 is 23.2 Å². The van der Waals surface area contributed by atoms with Gasteiger partial charge in [0.25, 0.3) is 5.69 Å². The lowest BCUT2D eigenvalue weighted by Gasteiger charge is -2.10. The van der Waals surface area contributed by atoms with Crippen LogP contribution in [0.15, 0.2) is 53.4 Å². The average molecular weight is 350 g/mol. The number of nitro groups is 1. The molecule has 24 heavy (non-hydrogen) atoms. The van der Waals surface area contributed by atoms with Crippen molar-refractivity contribution in [2.75, 3.05) is 0 Å². The second-order valence-corrected chi connectivity index (χ2v) is 6.69. The summed E-state index contributed by atoms with van der Waals surface area (Å²) in [6.45, 7) is 1.21. The minimum atomic E-state index is -3.99. The van der Waals surface area contributed by atoms with Crippen molar-refractivity contribution in [3.63, 3.8) is 0 Å². The van der Waals surface area contributed by atoms with Crippen LogP contribution >= 0.6 is 0 Å². The zero-order chi connectivity index (χ0) is 17.9. The zero-order valence-corrected chi connectivity index (χ0v) is 13.4. The summed E-state index contributed by atoms with van der Waals surface area (Å²) in [7, 11) is -3.99. The molecule has 0 aliphatic rings. The van der Waals surface area contributed by atoms with E-state index in [0.717, 1.165) is 0 Å². The largest absolute Gasteiger partial charge is 0.480 e. The van der Waals surface area contributed by atoms with Gasteiger partial charge in [-0.3, -0.25) is 14.9 Å². The first-order valence-electron chi connectivity index (χ1n) is 6.81. The molecule has 0 saturated carbocycles. The molecule has 2 aromatic carbocycles. The molecule has 2 N–H and O–H groups in total. The molecule has 0 radical (unpaired) electrons. The third-order valence-corrected chi connectivity index (χ3v) is 4.84. The maximum absolute atomic E-state index is 12.1. The molecule has 0 heterocycles. The summed E-state index contributed by atoms with van der Waals surface area (Å²) in [5, 5.41) is 19.8. The molecule has 1 unspecified atom stereocenters. The van der Waals surface area contributed by atoms with Gasteiger partial charge in [-0.2, -0.15) is 4.72 Å². The molecule has 0 aliphatic carbocycles. The number of carbonyl (C=O) groups is 1. The third kappa shape index (κ3) is 3.76. The molecule has 9 heteroatoms. The summed E-state index contributed by atoms with van der Waals surface area (Å²) in [4.78, 5) is 21.2. The minimum Gasteiger partial charge on any atom is -0.480 e. The van der Waals surface area contributed by atoms with Crippen LogP contribution in [-0.4, -0.2) is 30.5 Å². The standard InChI is InChI=1S/C15H14N2O6S/c1-10(15(18)19)16-24(22,23)12-8-6-11(7-9-12)13-4-2-3-5-14(13)17(20)21/h2-10,16H,1H3,(H,18,19). The Labute approximate surface area is 138 Å². The predicted octanol–water partition coefficient (Wildman–Crippen LogP) is 2.01. The third-order valence-electron chi connectivity index (χ3n) is 3.28. The number of rotatable bonds is 6. The molecule has 2 rings (SSSR count). The van der Waals surface area contributed by atoms with Gasteiger partial charge in [0.05, 0.1) is 15.4 Å². The van der Waals surface area contributed by atoms with E-state index < -0.39 is 27.0 Å². The first-order chi connectivity index (χ1) is 11.2. The number of nitro benzene ring substituents is 1. The van der Waals surface area contributed by atoms with Crippen LogP contribution in [-0.2, 0) is 14.8 Å². The van der Waals surface area contributed by atoms with Gasteiger partial charge in [-0.25, -0.2) is 8.42 Å². The molecule has 1 atom stereocenters. The zero-order valence-electron chi connectivity index (χ0n) is 12.5. The second-order valence-electron chi connectivity index (χ2n) is 4.98. The van der Waals surface area contributed by atoms with Crippen molar-refractivity contribution in [1.82, 2.24) is 4.72 Å². The highest BCUT2D eigenvalue weighted by Crippen LogP contribution is 2.30. The fourth-order valence-electron chi connectivity index (χ4n) is 2.04. The highest BCUT2D eigenvalue weighted by atomic mass is 32.2. The smallest absolute Gasteiger partial charge is 0.321 e. The number of para-hydroxylation sites is 1. The van der Waals surface area contributed by atoms with Crippen molar-refractivity contribution in [2.24, 2.45) is 0 Å². The summed E-state index contributed by atoms with van der Waals surface area (Å²) in [5.74, 6) is -1.30. The van der Waals surface area contributed by atoms with Crippen LogP contribution in [0.25, 0.3) is 11.1 Å². The summed E-state index contributed by atoms with van der Waals surface area (Å²) in [5.41, 5.74) is 0.747. The number of carboxylic acid groups (broad SMARTS) is 1. The Bertz CT molecular complexity index is 877. The van der Waals surface area contributed by atoms with Crippen molar-refractivity contribution in [3.8, 4) is 11.1 Å². The summed E-state index contributed by atoms with van der Waals surface area (Å²) >= 11 is 0. The first kappa shape index (κ1) is 17.6. The Hall–Kier alpha value is -2.78. The number of aliphatic carboxylic acids is 1. The van der Waals surface area contributed by atoms with E-state index in [9.17, 15) is 23.3 Å². The quantitative estimate of drug-likeness (QED) is 0.606. The van der Waals surface area contributed by atoms with Crippen LogP contribution in [0.4, 0.5) is 5.69 Å². The maximum atomic E-state index is 12.1. The number of benzene rings is 2. The van der Waals surface area contributed by atoms with Gasteiger partial charge in [-0.15, -0.1) is 0 Å². The first-order valence-corrected chi connectivity index (χ1v) is 8.29. The van der Waals surface area contributed by atoms with E-state index in [-0.39, 0.29) is 10.6 Å². The van der Waals surface area contributed by atoms with Crippen LogP contribution in [0.1, 0.15) is 6.92 Å². The molecular weight excluding hydrogens is 336 g/mol. The van der Waals surface area contributed by atoms with Gasteiger partial charge in [-0.05, 0) is 30.7 Å². The number of nitrogens with zero attached hydrogens (tertiary/aromatic N) is 1. The van der Waals surface area contributed by atoms with Crippen LogP contribution in [0.5, 0.6) is 0 Å². The van der Waals surface area contributed by atoms with Gasteiger partial charge >= 0.3 is 5.97 Å². The Morgan fingerprint density at radius 1 is 1.17 bits per heavy atom. The van der Waals surface area contributed by atoms with Crippen molar-refractivity contribution in [3.05, 3.63) is 58.6 Å². The van der Waals surface area contributed by atoms with Crippen LogP contribution in [0.2, 0.25) is 0 Å². The number of hydrogen-bond donors (Lipinski definition) is 2. The molecule has 0 aliphatic heterocycles. The Morgan fingerprint density at radius 3 is 2.29 bits per heavy atom. The lowest BCUT2D eigenvalue weighted by molar-refractivity contribution is -0.384. The fourth-order valence-corrected chi connectivity index (χ4v) is 3.24. The van der Waals surface area contributed by atoms with E-state index >= 15 is 0 Å². The highest BCUT2D eigenvalue weighted by molar-refractivity contribution is 7.89. The normalized spacial score (nSPS) is 12.5. The topological polar surface area (TPSA) is 127 Å². The average Bonchev–Trinajstić information content (AvgIpc) is 2.54. The maximum Gasteiger partial charge on any atom is 0.321 e. The summed E-state index contributed by atoms with van der Waals surface area (Å²) < 4.78 is 26.2. The van der Waals surface area contributed by atoms with Gasteiger partial charge in [0.1, 0.15) is 6.04 Å². The molecule has 2 aromatic rings. The molecule has 0 bridgehead atoms. The van der Waals surface area contributed by atoms with Crippen molar-refractivity contribution in [2.45, 2.75) is 17.9 Å². The highest BCUT2D eigenvalue weighted by Gasteiger charge is 2.22. The van der Waals surface area contributed by atoms with E-state index in [2.05, 4.69) is 0 Å². The molecule has 0 fully saturated rings. The molecule has 0 saturated heterocycles. The van der Waals surface area contributed by atoms with Crippen molar-refractivity contribution in [1.29, 1.82) is 0 Å². The van der Waals surface area contributed by atoms with Crippen LogP contribution in [0, 0.1) is 10.1 Å². The van der Waals surface area contributed by atoms with Crippen LogP contribution in [0.3, 0.4) is 0 Å². The number of nitrogens with one attached hydrogen (secondary N) is 1. The van der Waals surface area contributed by atoms with Gasteiger partial charge < -0.3 is 5.11 Å². The summed E-state index contributed by atoms with van der Waals surface area (Å²) in [6.07, 6.45) is 0. The van der Waals surface area contributed by atoms with E-state index in [1.165, 1.54) is 43.3 Å². The summed E-state index contributed by atoms with van der Waals surface area (Å²) in [6, 6.07) is 10.2. The van der Waals surface area contributed by atoms with E-state index in [1.807, 2.05) is 4.72 Å². The SMILES string of the molecule is CC(NS(=O)(=O)c1ccc(-c2ccccc2[N+](=O)[O-])cc1)C(=O)O.